The van der Waals surface area contributed by atoms with Crippen LogP contribution < -0.4 is 10.2 Å². The average molecular weight is 343 g/mol. The number of nitro groups is 1. The first kappa shape index (κ1) is 17.9. The Hall–Kier alpha value is -3.42. The standard InChI is InChI=1S/C17H17N3O5/c1-2-8-25-16-7-6-12(9-15(16)20(23)24)11-18-19-14-5-3-4-13(10-14)17(21)22/h3-7,9-11,19H,2,8H2,1H3,(H,21,22)/b18-11+. The minimum absolute atomic E-state index is 0.133. The summed E-state index contributed by atoms with van der Waals surface area (Å²) >= 11 is 0. The van der Waals surface area contributed by atoms with Gasteiger partial charge in [0, 0.05) is 11.6 Å². The molecule has 2 N–H and O–H groups in total. The molecule has 0 spiro atoms. The molecule has 8 nitrogen and oxygen atoms in total. The van der Waals surface area contributed by atoms with E-state index in [2.05, 4.69) is 10.5 Å². The van der Waals surface area contributed by atoms with Crippen molar-refractivity contribution >= 4 is 23.6 Å². The van der Waals surface area contributed by atoms with E-state index in [9.17, 15) is 14.9 Å². The molecule has 0 bridgehead atoms. The number of aromatic carboxylic acids is 1. The third-order valence-electron chi connectivity index (χ3n) is 3.16. The molecule has 0 atom stereocenters. The summed E-state index contributed by atoms with van der Waals surface area (Å²) in [4.78, 5) is 21.6. The van der Waals surface area contributed by atoms with E-state index in [0.29, 0.717) is 17.9 Å². The Kier molecular flexibility index (Phi) is 6.05. The summed E-state index contributed by atoms with van der Waals surface area (Å²) in [5.41, 5.74) is 3.70. The number of anilines is 1. The number of benzene rings is 2. The fraction of sp³-hybridized carbons (Fsp3) is 0.176. The van der Waals surface area contributed by atoms with Gasteiger partial charge in [-0.15, -0.1) is 0 Å². The molecular formula is C17H17N3O5. The van der Waals surface area contributed by atoms with E-state index < -0.39 is 10.9 Å². The molecule has 130 valence electrons. The number of nitro benzene ring substituents is 1. The van der Waals surface area contributed by atoms with E-state index in [1.54, 1.807) is 18.2 Å². The highest BCUT2D eigenvalue weighted by Gasteiger charge is 2.15. The van der Waals surface area contributed by atoms with Crippen molar-refractivity contribution in [1.82, 2.24) is 0 Å². The van der Waals surface area contributed by atoms with Gasteiger partial charge < -0.3 is 9.84 Å². The number of hydrogen-bond acceptors (Lipinski definition) is 6. The first-order valence-corrected chi connectivity index (χ1v) is 7.55. The monoisotopic (exact) mass is 343 g/mol. The molecule has 0 aliphatic carbocycles. The van der Waals surface area contributed by atoms with Crippen LogP contribution in [0.25, 0.3) is 0 Å². The van der Waals surface area contributed by atoms with Crippen LogP contribution in [0.5, 0.6) is 5.75 Å². The third kappa shape index (κ3) is 5.03. The quantitative estimate of drug-likeness (QED) is 0.430. The van der Waals surface area contributed by atoms with E-state index in [1.807, 2.05) is 6.92 Å². The van der Waals surface area contributed by atoms with Crippen molar-refractivity contribution < 1.29 is 19.6 Å². The minimum atomic E-state index is -1.04. The molecule has 0 aromatic heterocycles. The number of carboxylic acid groups (broad SMARTS) is 1. The highest BCUT2D eigenvalue weighted by Crippen LogP contribution is 2.27. The SMILES string of the molecule is CCCOc1ccc(/C=N/Nc2cccc(C(=O)O)c2)cc1[N+](=O)[O-]. The number of nitrogens with zero attached hydrogens (tertiary/aromatic N) is 2. The predicted octanol–water partition coefficient (Wildman–Crippen LogP) is 3.53. The van der Waals surface area contributed by atoms with Crippen LogP contribution in [0.15, 0.2) is 47.6 Å². The average Bonchev–Trinajstić information content (AvgIpc) is 2.60. The lowest BCUT2D eigenvalue weighted by Crippen LogP contribution is -2.00. The topological polar surface area (TPSA) is 114 Å². The lowest BCUT2D eigenvalue weighted by Gasteiger charge is -2.06. The number of carbonyl (C=O) groups is 1. The van der Waals surface area contributed by atoms with Gasteiger partial charge in [-0.1, -0.05) is 13.0 Å². The van der Waals surface area contributed by atoms with E-state index in [-0.39, 0.29) is 17.0 Å². The van der Waals surface area contributed by atoms with E-state index in [4.69, 9.17) is 9.84 Å². The largest absolute Gasteiger partial charge is 0.487 e. The molecule has 2 aromatic carbocycles. The molecule has 0 unspecified atom stereocenters. The Morgan fingerprint density at radius 2 is 2.16 bits per heavy atom. The Bertz CT molecular complexity index is 805. The van der Waals surface area contributed by atoms with Crippen molar-refractivity contribution in [1.29, 1.82) is 0 Å². The van der Waals surface area contributed by atoms with Crippen LogP contribution in [-0.4, -0.2) is 28.8 Å². The van der Waals surface area contributed by atoms with Gasteiger partial charge in [0.05, 0.1) is 29.0 Å². The van der Waals surface area contributed by atoms with E-state index in [0.717, 1.165) is 6.42 Å². The van der Waals surface area contributed by atoms with Crippen molar-refractivity contribution in [3.8, 4) is 5.75 Å². The first-order chi connectivity index (χ1) is 12.0. The van der Waals surface area contributed by atoms with Crippen LogP contribution >= 0.6 is 0 Å². The molecular weight excluding hydrogens is 326 g/mol. The van der Waals surface area contributed by atoms with Gasteiger partial charge in [0.25, 0.3) is 0 Å². The summed E-state index contributed by atoms with van der Waals surface area (Å²) in [5, 5.41) is 24.1. The molecule has 0 saturated heterocycles. The summed E-state index contributed by atoms with van der Waals surface area (Å²) < 4.78 is 5.35. The lowest BCUT2D eigenvalue weighted by atomic mass is 10.2. The van der Waals surface area contributed by atoms with Crippen LogP contribution in [0.3, 0.4) is 0 Å². The van der Waals surface area contributed by atoms with Crippen molar-refractivity contribution in [2.45, 2.75) is 13.3 Å². The van der Waals surface area contributed by atoms with Gasteiger partial charge in [-0.3, -0.25) is 15.5 Å². The Morgan fingerprint density at radius 3 is 2.84 bits per heavy atom. The van der Waals surface area contributed by atoms with Crippen molar-refractivity contribution in [3.63, 3.8) is 0 Å². The highest BCUT2D eigenvalue weighted by atomic mass is 16.6. The predicted molar refractivity (Wildman–Crippen MR) is 93.5 cm³/mol. The molecule has 0 heterocycles. The Balaban J connectivity index is 2.12. The van der Waals surface area contributed by atoms with Gasteiger partial charge in [0.15, 0.2) is 5.75 Å². The molecule has 0 fully saturated rings. The number of nitrogens with one attached hydrogen (secondary N) is 1. The van der Waals surface area contributed by atoms with Gasteiger partial charge in [-0.2, -0.15) is 5.10 Å². The van der Waals surface area contributed by atoms with Gasteiger partial charge in [-0.05, 0) is 36.8 Å². The highest BCUT2D eigenvalue weighted by molar-refractivity contribution is 5.89. The maximum absolute atomic E-state index is 11.1. The zero-order chi connectivity index (χ0) is 18.2. The Morgan fingerprint density at radius 1 is 1.36 bits per heavy atom. The van der Waals surface area contributed by atoms with Crippen LogP contribution in [-0.2, 0) is 0 Å². The van der Waals surface area contributed by atoms with Crippen LogP contribution in [0.2, 0.25) is 0 Å². The van der Waals surface area contributed by atoms with Crippen LogP contribution in [0.1, 0.15) is 29.3 Å². The molecule has 8 heteroatoms. The molecule has 2 rings (SSSR count). The smallest absolute Gasteiger partial charge is 0.335 e. The maximum atomic E-state index is 11.1. The molecule has 0 aliphatic rings. The fourth-order valence-corrected chi connectivity index (χ4v) is 1.99. The summed E-state index contributed by atoms with van der Waals surface area (Å²) in [6.45, 7) is 2.31. The zero-order valence-electron chi connectivity index (χ0n) is 13.5. The minimum Gasteiger partial charge on any atom is -0.487 e. The fourth-order valence-electron chi connectivity index (χ4n) is 1.99. The number of carboxylic acids is 1. The second-order valence-corrected chi connectivity index (χ2v) is 5.09. The summed E-state index contributed by atoms with van der Waals surface area (Å²) in [6.07, 6.45) is 2.16. The van der Waals surface area contributed by atoms with Crippen molar-refractivity contribution in [2.24, 2.45) is 5.10 Å². The van der Waals surface area contributed by atoms with Crippen molar-refractivity contribution in [3.05, 3.63) is 63.7 Å². The number of rotatable bonds is 8. The molecule has 25 heavy (non-hydrogen) atoms. The first-order valence-electron chi connectivity index (χ1n) is 7.55. The molecule has 2 aromatic rings. The van der Waals surface area contributed by atoms with Crippen molar-refractivity contribution in [2.75, 3.05) is 12.0 Å². The maximum Gasteiger partial charge on any atom is 0.335 e. The second kappa shape index (κ2) is 8.44. The summed E-state index contributed by atoms with van der Waals surface area (Å²) in [6, 6.07) is 10.7. The molecule has 0 amide bonds. The van der Waals surface area contributed by atoms with E-state index >= 15 is 0 Å². The van der Waals surface area contributed by atoms with Crippen LogP contribution in [0, 0.1) is 10.1 Å². The second-order valence-electron chi connectivity index (χ2n) is 5.09. The number of ether oxygens (including phenoxy) is 1. The number of hydrazone groups is 1. The Labute approximate surface area is 143 Å². The lowest BCUT2D eigenvalue weighted by molar-refractivity contribution is -0.385. The summed E-state index contributed by atoms with van der Waals surface area (Å²) in [5.74, 6) is -0.822. The van der Waals surface area contributed by atoms with Gasteiger partial charge in [0.1, 0.15) is 0 Å². The van der Waals surface area contributed by atoms with E-state index in [1.165, 1.54) is 30.5 Å². The van der Waals surface area contributed by atoms with Gasteiger partial charge in [0.2, 0.25) is 0 Å². The van der Waals surface area contributed by atoms with Gasteiger partial charge >= 0.3 is 11.7 Å². The number of hydrogen-bond donors (Lipinski definition) is 2. The third-order valence-corrected chi connectivity index (χ3v) is 3.16. The van der Waals surface area contributed by atoms with Crippen LogP contribution in [0.4, 0.5) is 11.4 Å². The molecule has 0 saturated carbocycles. The summed E-state index contributed by atoms with van der Waals surface area (Å²) in [7, 11) is 0. The molecule has 0 radical (unpaired) electrons. The normalized spacial score (nSPS) is 10.6. The molecule has 0 aliphatic heterocycles. The zero-order valence-corrected chi connectivity index (χ0v) is 13.5. The van der Waals surface area contributed by atoms with Gasteiger partial charge in [-0.25, -0.2) is 4.79 Å².